The summed E-state index contributed by atoms with van der Waals surface area (Å²) < 4.78 is 44.0. The van der Waals surface area contributed by atoms with E-state index in [4.69, 9.17) is 5.41 Å². The van der Waals surface area contributed by atoms with Crippen molar-refractivity contribution < 1.29 is 37.1 Å². The molecule has 3 fully saturated rings. The Labute approximate surface area is 297 Å². The van der Waals surface area contributed by atoms with Gasteiger partial charge in [0.05, 0.1) is 23.7 Å². The molecule has 1 atom stereocenters. The van der Waals surface area contributed by atoms with E-state index in [-0.39, 0.29) is 47.4 Å². The van der Waals surface area contributed by atoms with Crippen LogP contribution >= 0.6 is 0 Å². The fraction of sp³-hybridized carbons (Fsp3) is 0.314. The van der Waals surface area contributed by atoms with Gasteiger partial charge < -0.3 is 20.7 Å². The first-order valence-electron chi connectivity index (χ1n) is 16.7. The van der Waals surface area contributed by atoms with Gasteiger partial charge in [-0.3, -0.25) is 29.2 Å². The number of carbonyl (C=O) groups is 4. The van der Waals surface area contributed by atoms with E-state index in [0.29, 0.717) is 40.6 Å². The highest BCUT2D eigenvalue weighted by Crippen LogP contribution is 2.39. The maximum atomic E-state index is 15.5. The van der Waals surface area contributed by atoms with Gasteiger partial charge in [0.15, 0.2) is 5.82 Å². The second kappa shape index (κ2) is 13.4. The average Bonchev–Trinajstić information content (AvgIpc) is 3.58. The minimum atomic E-state index is -4.35. The molecular weight excluding hydrogens is 695 g/mol. The summed E-state index contributed by atoms with van der Waals surface area (Å²) in [6.45, 7) is 0.428. The van der Waals surface area contributed by atoms with Crippen LogP contribution in [0.15, 0.2) is 48.7 Å². The van der Waals surface area contributed by atoms with Crippen LogP contribution in [0, 0.1) is 11.2 Å². The summed E-state index contributed by atoms with van der Waals surface area (Å²) in [4.78, 5) is 50.7. The zero-order valence-corrected chi connectivity index (χ0v) is 28.8. The second-order valence-electron chi connectivity index (χ2n) is 13.1. The van der Waals surface area contributed by atoms with Crippen LogP contribution in [0.5, 0.6) is 5.75 Å². The largest absolute Gasteiger partial charge is 0.506 e. The number of anilines is 1. The van der Waals surface area contributed by atoms with Crippen molar-refractivity contribution in [3.8, 4) is 5.75 Å². The van der Waals surface area contributed by atoms with Gasteiger partial charge in [0.2, 0.25) is 17.7 Å². The summed E-state index contributed by atoms with van der Waals surface area (Å²) in [5.74, 6) is -3.50. The molecule has 3 aliphatic heterocycles. The molecule has 4 amide bonds. The van der Waals surface area contributed by atoms with Gasteiger partial charge in [-0.2, -0.15) is 13.5 Å². The predicted molar refractivity (Wildman–Crippen MR) is 189 cm³/mol. The number of aromatic hydroxyl groups is 1. The summed E-state index contributed by atoms with van der Waals surface area (Å²) in [6.07, 6.45) is 4.79. The summed E-state index contributed by atoms with van der Waals surface area (Å²) in [5.41, 5.74) is 2.91. The molecule has 17 heteroatoms. The van der Waals surface area contributed by atoms with Crippen LogP contribution in [0.25, 0.3) is 27.2 Å². The number of likely N-dealkylation sites (tertiary alicyclic amines) is 1. The van der Waals surface area contributed by atoms with Crippen LogP contribution in [0.4, 0.5) is 10.1 Å². The van der Waals surface area contributed by atoms with Gasteiger partial charge in [-0.25, -0.2) is 13.4 Å². The minimum absolute atomic E-state index is 0.000752. The number of piperidine rings is 2. The molecule has 4 heterocycles. The topological polar surface area (TPSA) is 207 Å². The zero-order chi connectivity index (χ0) is 36.9. The molecule has 3 saturated heterocycles. The quantitative estimate of drug-likeness (QED) is 0.133. The minimum Gasteiger partial charge on any atom is -0.506 e. The highest BCUT2D eigenvalue weighted by atomic mass is 32.2. The van der Waals surface area contributed by atoms with E-state index in [1.807, 2.05) is 19.2 Å². The Morgan fingerprint density at radius 3 is 2.52 bits per heavy atom. The van der Waals surface area contributed by atoms with E-state index in [0.717, 1.165) is 35.5 Å². The molecule has 0 aliphatic carbocycles. The van der Waals surface area contributed by atoms with Gasteiger partial charge in [-0.15, -0.1) is 0 Å². The van der Waals surface area contributed by atoms with Crippen molar-refractivity contribution >= 4 is 73.0 Å². The predicted octanol–water partition coefficient (Wildman–Crippen LogP) is 2.26. The second-order valence-corrected chi connectivity index (χ2v) is 14.7. The van der Waals surface area contributed by atoms with Gasteiger partial charge >= 0.3 is 10.2 Å². The van der Waals surface area contributed by atoms with Crippen molar-refractivity contribution in [1.82, 2.24) is 30.0 Å². The third kappa shape index (κ3) is 6.31. The third-order valence-corrected chi connectivity index (χ3v) is 11.3. The Morgan fingerprint density at radius 2 is 1.83 bits per heavy atom. The van der Waals surface area contributed by atoms with E-state index in [2.05, 4.69) is 21.8 Å². The van der Waals surface area contributed by atoms with Crippen molar-refractivity contribution in [2.45, 2.75) is 37.5 Å². The summed E-state index contributed by atoms with van der Waals surface area (Å²) in [7, 11) is -2.51. The molecule has 0 saturated carbocycles. The number of nitrogens with one attached hydrogen (secondary N) is 4. The van der Waals surface area contributed by atoms with Crippen LogP contribution in [0.1, 0.15) is 54.3 Å². The Kier molecular flexibility index (Phi) is 8.90. The lowest BCUT2D eigenvalue weighted by atomic mass is 9.88. The number of hydrogen-bond acceptors (Lipinski definition) is 10. The number of benzene rings is 3. The molecule has 0 radical (unpaired) electrons. The fourth-order valence-electron chi connectivity index (χ4n) is 7.20. The van der Waals surface area contributed by atoms with Crippen LogP contribution in [-0.2, 0) is 36.4 Å². The zero-order valence-electron chi connectivity index (χ0n) is 28.0. The molecule has 3 aliphatic rings. The number of carbonyl (C=O) groups excluding carboxylic acids is 4. The van der Waals surface area contributed by atoms with E-state index < -0.39 is 45.8 Å². The monoisotopic (exact) mass is 730 g/mol. The van der Waals surface area contributed by atoms with E-state index in [1.54, 1.807) is 14.3 Å². The summed E-state index contributed by atoms with van der Waals surface area (Å²) in [6, 6.07) is 11.7. The van der Waals surface area contributed by atoms with Crippen molar-refractivity contribution in [3.63, 3.8) is 0 Å². The molecule has 15 nitrogen and oxygen atoms in total. The molecule has 270 valence electrons. The maximum absolute atomic E-state index is 15.5. The van der Waals surface area contributed by atoms with E-state index in [9.17, 15) is 32.7 Å². The highest BCUT2D eigenvalue weighted by Gasteiger charge is 2.38. The van der Waals surface area contributed by atoms with Crippen molar-refractivity contribution in [3.05, 3.63) is 71.3 Å². The lowest BCUT2D eigenvalue weighted by Crippen LogP contribution is -2.41. The molecule has 5 N–H and O–H groups in total. The van der Waals surface area contributed by atoms with Crippen molar-refractivity contribution in [1.29, 1.82) is 5.41 Å². The SMILES string of the molecule is Cn1nc(C2CCC(=O)NC2=O)c2ccc(C3CCN(C(=O)CN/C=C(\C=N)c4ccc5c(F)c(N6CC(=O)NS6(=O)=O)c(O)cc5c4)CC3)cc21. The average molecular weight is 731 g/mol. The maximum Gasteiger partial charge on any atom is 0.326 e. The number of amides is 4. The number of phenolic OH excluding ortho intramolecular Hbond substituents is 1. The standard InChI is InChI=1S/C35H35FN8O7S/c1-42-27-13-21(3-5-25(27)33(40-42)26-6-7-29(46)39-35(26)49)19-8-10-43(11-9-19)31(48)17-38-16-23(15-37)20-2-4-24-22(12-20)14-28(45)34(32(24)36)44-18-30(47)41-52(44,50)51/h2-5,12-16,19,26,37-38,45H,6-11,17-18H2,1H3,(H,41,47)(H,39,46,49)/b23-16+,37-15?. The number of aryl methyl sites for hydroxylation is 1. The molecule has 1 unspecified atom stereocenters. The number of phenols is 1. The highest BCUT2D eigenvalue weighted by molar-refractivity contribution is 7.92. The van der Waals surface area contributed by atoms with Crippen LogP contribution in [-0.4, -0.2) is 84.2 Å². The molecule has 3 aromatic carbocycles. The summed E-state index contributed by atoms with van der Waals surface area (Å²) >= 11 is 0. The summed E-state index contributed by atoms with van der Waals surface area (Å²) in [5, 5.41) is 29.6. The first-order valence-corrected chi connectivity index (χ1v) is 18.1. The number of fused-ring (bicyclic) bond motifs is 2. The molecule has 1 aromatic heterocycles. The van der Waals surface area contributed by atoms with Crippen LogP contribution < -0.4 is 19.7 Å². The number of halogens is 1. The van der Waals surface area contributed by atoms with E-state index >= 15 is 4.39 Å². The number of aromatic nitrogens is 2. The number of allylic oxidation sites excluding steroid dienone is 1. The molecule has 0 bridgehead atoms. The van der Waals surface area contributed by atoms with Crippen molar-refractivity contribution in [2.24, 2.45) is 7.05 Å². The molecule has 4 aromatic rings. The smallest absolute Gasteiger partial charge is 0.326 e. The normalized spacial score (nSPS) is 19.6. The van der Waals surface area contributed by atoms with Gasteiger partial charge in [-0.05, 0) is 59.9 Å². The Morgan fingerprint density at radius 1 is 1.08 bits per heavy atom. The van der Waals surface area contributed by atoms with Gasteiger partial charge in [0.1, 0.15) is 18.0 Å². The first-order chi connectivity index (χ1) is 24.8. The van der Waals surface area contributed by atoms with Gasteiger partial charge in [0, 0.05) is 55.3 Å². The molecular formula is C35H35FN8O7S. The number of rotatable bonds is 8. The lowest BCUT2D eigenvalue weighted by molar-refractivity contribution is -0.134. The van der Waals surface area contributed by atoms with Crippen LogP contribution in [0.2, 0.25) is 0 Å². The Bertz CT molecular complexity index is 2330. The third-order valence-electron chi connectivity index (χ3n) is 9.89. The number of imide groups is 1. The molecule has 7 rings (SSSR count). The number of nitrogens with zero attached hydrogens (tertiary/aromatic N) is 4. The van der Waals surface area contributed by atoms with Gasteiger partial charge in [0.25, 0.3) is 5.91 Å². The molecule has 0 spiro atoms. The Balaban J connectivity index is 0.977. The molecule has 52 heavy (non-hydrogen) atoms. The first kappa shape index (κ1) is 34.6. The van der Waals surface area contributed by atoms with Gasteiger partial charge in [-0.1, -0.05) is 24.3 Å². The fourth-order valence-corrected chi connectivity index (χ4v) is 8.36. The lowest BCUT2D eigenvalue weighted by Gasteiger charge is -2.32. The van der Waals surface area contributed by atoms with E-state index in [1.165, 1.54) is 30.5 Å². The van der Waals surface area contributed by atoms with Crippen molar-refractivity contribution in [2.75, 3.05) is 30.5 Å². The number of hydrogen-bond donors (Lipinski definition) is 5. The Hall–Kier alpha value is -5.84. The van der Waals surface area contributed by atoms with Crippen LogP contribution in [0.3, 0.4) is 0 Å².